The minimum absolute atomic E-state index is 0.203. The van der Waals surface area contributed by atoms with Crippen LogP contribution >= 0.6 is 23.5 Å². The SMILES string of the molecule is COc1ccc2c(c1)C(=O)C(=C1SC=CS1)C(=O)C(C)O2. The van der Waals surface area contributed by atoms with E-state index in [0.29, 0.717) is 21.3 Å². The Kier molecular flexibility index (Phi) is 3.82. The fourth-order valence-electron chi connectivity index (χ4n) is 2.13. The minimum Gasteiger partial charge on any atom is -0.497 e. The van der Waals surface area contributed by atoms with E-state index >= 15 is 0 Å². The summed E-state index contributed by atoms with van der Waals surface area (Å²) in [7, 11) is 1.53. The molecule has 4 nitrogen and oxygen atoms in total. The normalized spacial score (nSPS) is 21.1. The summed E-state index contributed by atoms with van der Waals surface area (Å²) in [6, 6.07) is 4.99. The molecule has 6 heteroatoms. The van der Waals surface area contributed by atoms with Crippen LogP contribution in [0.5, 0.6) is 11.5 Å². The van der Waals surface area contributed by atoms with Gasteiger partial charge in [-0.2, -0.15) is 0 Å². The molecule has 0 bridgehead atoms. The van der Waals surface area contributed by atoms with Crippen molar-refractivity contribution in [1.82, 2.24) is 0 Å². The number of ether oxygens (including phenoxy) is 2. The first-order valence-electron chi connectivity index (χ1n) is 6.28. The van der Waals surface area contributed by atoms with Crippen molar-refractivity contribution in [2.45, 2.75) is 13.0 Å². The van der Waals surface area contributed by atoms with E-state index in [1.54, 1.807) is 25.1 Å². The van der Waals surface area contributed by atoms with Gasteiger partial charge in [0.2, 0.25) is 11.6 Å². The van der Waals surface area contributed by atoms with Crippen LogP contribution in [0.2, 0.25) is 0 Å². The molecule has 0 saturated carbocycles. The van der Waals surface area contributed by atoms with Gasteiger partial charge in [-0.1, -0.05) is 23.5 Å². The predicted octanol–water partition coefficient (Wildman–Crippen LogP) is 3.39. The third kappa shape index (κ3) is 2.49. The Bertz CT molecular complexity index is 681. The quantitative estimate of drug-likeness (QED) is 0.584. The minimum atomic E-state index is -0.687. The number of rotatable bonds is 1. The topological polar surface area (TPSA) is 52.6 Å². The lowest BCUT2D eigenvalue weighted by Gasteiger charge is -2.11. The Morgan fingerprint density at radius 1 is 1.19 bits per heavy atom. The van der Waals surface area contributed by atoms with Crippen LogP contribution in [0, 0.1) is 0 Å². The van der Waals surface area contributed by atoms with Crippen LogP contribution in [0.3, 0.4) is 0 Å². The van der Waals surface area contributed by atoms with Crippen LogP contribution in [0.4, 0.5) is 0 Å². The number of carbonyl (C=O) groups excluding carboxylic acids is 2. The number of methoxy groups -OCH3 is 1. The molecular formula is C15H12O4S2. The zero-order valence-corrected chi connectivity index (χ0v) is 13.0. The Morgan fingerprint density at radius 3 is 2.57 bits per heavy atom. The standard InChI is InChI=1S/C15H12O4S2/c1-8-13(16)12(15-20-5-6-21-15)14(17)10-7-9(18-2)3-4-11(10)19-8/h3-8H,1-2H3. The number of carbonyl (C=O) groups is 2. The maximum atomic E-state index is 12.8. The van der Waals surface area contributed by atoms with Gasteiger partial charge in [0.1, 0.15) is 11.5 Å². The molecule has 2 aliphatic rings. The molecule has 1 atom stereocenters. The molecule has 3 rings (SSSR count). The third-order valence-corrected chi connectivity index (χ3v) is 5.32. The Hall–Kier alpha value is -1.66. The molecule has 0 aromatic heterocycles. The third-order valence-electron chi connectivity index (χ3n) is 3.19. The molecule has 1 aromatic rings. The molecule has 0 saturated heterocycles. The lowest BCUT2D eigenvalue weighted by atomic mass is 10.00. The predicted molar refractivity (Wildman–Crippen MR) is 83.8 cm³/mol. The fourth-order valence-corrected chi connectivity index (χ4v) is 4.00. The second-order valence-corrected chi connectivity index (χ2v) is 6.58. The highest BCUT2D eigenvalue weighted by Crippen LogP contribution is 2.43. The molecule has 0 radical (unpaired) electrons. The van der Waals surface area contributed by atoms with Crippen LogP contribution < -0.4 is 9.47 Å². The van der Waals surface area contributed by atoms with Gasteiger partial charge in [-0.3, -0.25) is 9.59 Å². The van der Waals surface area contributed by atoms with Gasteiger partial charge in [0.25, 0.3) is 0 Å². The summed E-state index contributed by atoms with van der Waals surface area (Å²) >= 11 is 2.77. The molecule has 2 aliphatic heterocycles. The molecule has 2 heterocycles. The monoisotopic (exact) mass is 320 g/mol. The van der Waals surface area contributed by atoms with Crippen LogP contribution in [0.25, 0.3) is 0 Å². The van der Waals surface area contributed by atoms with E-state index in [1.165, 1.54) is 30.6 Å². The van der Waals surface area contributed by atoms with Crippen molar-refractivity contribution in [2.24, 2.45) is 0 Å². The van der Waals surface area contributed by atoms with Gasteiger partial charge in [-0.15, -0.1) is 0 Å². The van der Waals surface area contributed by atoms with Crippen molar-refractivity contribution in [3.63, 3.8) is 0 Å². The van der Waals surface area contributed by atoms with Gasteiger partial charge in [-0.05, 0) is 35.9 Å². The molecule has 1 unspecified atom stereocenters. The van der Waals surface area contributed by atoms with E-state index in [9.17, 15) is 9.59 Å². The summed E-state index contributed by atoms with van der Waals surface area (Å²) in [5.74, 6) is 0.380. The van der Waals surface area contributed by atoms with E-state index in [1.807, 2.05) is 10.8 Å². The largest absolute Gasteiger partial charge is 0.497 e. The first-order chi connectivity index (χ1) is 10.1. The summed E-state index contributed by atoms with van der Waals surface area (Å²) in [6.07, 6.45) is -0.687. The van der Waals surface area contributed by atoms with E-state index in [2.05, 4.69) is 0 Å². The van der Waals surface area contributed by atoms with E-state index in [4.69, 9.17) is 9.47 Å². The summed E-state index contributed by atoms with van der Waals surface area (Å²) in [5, 5.41) is 3.72. The van der Waals surface area contributed by atoms with E-state index in [0.717, 1.165) is 0 Å². The molecular weight excluding hydrogens is 308 g/mol. The number of hydrogen-bond acceptors (Lipinski definition) is 6. The van der Waals surface area contributed by atoms with Crippen LogP contribution in [-0.4, -0.2) is 24.8 Å². The van der Waals surface area contributed by atoms with Crippen molar-refractivity contribution in [2.75, 3.05) is 7.11 Å². The second-order valence-electron chi connectivity index (χ2n) is 4.49. The number of hydrogen-bond donors (Lipinski definition) is 0. The van der Waals surface area contributed by atoms with Crippen molar-refractivity contribution >= 4 is 35.1 Å². The van der Waals surface area contributed by atoms with Gasteiger partial charge >= 0.3 is 0 Å². The van der Waals surface area contributed by atoms with Gasteiger partial charge in [0.15, 0.2) is 6.10 Å². The summed E-state index contributed by atoms with van der Waals surface area (Å²) in [6.45, 7) is 1.66. The first kappa shape index (κ1) is 14.3. The summed E-state index contributed by atoms with van der Waals surface area (Å²) < 4.78 is 11.5. The highest BCUT2D eigenvalue weighted by Gasteiger charge is 2.35. The summed E-state index contributed by atoms with van der Waals surface area (Å²) in [4.78, 5) is 25.3. The maximum absolute atomic E-state index is 12.8. The van der Waals surface area contributed by atoms with Crippen molar-refractivity contribution in [3.05, 3.63) is 44.4 Å². The second kappa shape index (κ2) is 5.61. The number of benzene rings is 1. The molecule has 0 amide bonds. The smallest absolute Gasteiger partial charge is 0.208 e. The van der Waals surface area contributed by atoms with Gasteiger partial charge in [0.05, 0.1) is 22.5 Å². The summed E-state index contributed by atoms with van der Waals surface area (Å²) in [5.41, 5.74) is 0.567. The van der Waals surface area contributed by atoms with Gasteiger partial charge < -0.3 is 9.47 Å². The Balaban J connectivity index is 2.17. The average Bonchev–Trinajstić information content (AvgIpc) is 2.98. The number of fused-ring (bicyclic) bond motifs is 1. The fraction of sp³-hybridized carbons (Fsp3) is 0.200. The van der Waals surface area contributed by atoms with Gasteiger partial charge in [0, 0.05) is 0 Å². The zero-order chi connectivity index (χ0) is 15.0. The first-order valence-corrected chi connectivity index (χ1v) is 8.04. The average molecular weight is 320 g/mol. The van der Waals surface area contributed by atoms with Crippen LogP contribution in [0.1, 0.15) is 17.3 Å². The molecule has 21 heavy (non-hydrogen) atoms. The Labute approximate surface area is 130 Å². The molecule has 0 aliphatic carbocycles. The molecule has 108 valence electrons. The highest BCUT2D eigenvalue weighted by atomic mass is 32.2. The van der Waals surface area contributed by atoms with Crippen molar-refractivity contribution in [3.8, 4) is 11.5 Å². The number of ketones is 2. The molecule has 0 fully saturated rings. The number of Topliss-reactive ketones (excluding diaryl/α,β-unsaturated/α-hetero) is 2. The van der Waals surface area contributed by atoms with Crippen molar-refractivity contribution < 1.29 is 19.1 Å². The molecule has 0 N–H and O–H groups in total. The Morgan fingerprint density at radius 2 is 1.90 bits per heavy atom. The number of thioether (sulfide) groups is 2. The van der Waals surface area contributed by atoms with Crippen molar-refractivity contribution in [1.29, 1.82) is 0 Å². The lowest BCUT2D eigenvalue weighted by Crippen LogP contribution is -2.25. The van der Waals surface area contributed by atoms with E-state index < -0.39 is 6.10 Å². The van der Waals surface area contributed by atoms with E-state index in [-0.39, 0.29) is 17.1 Å². The maximum Gasteiger partial charge on any atom is 0.208 e. The zero-order valence-electron chi connectivity index (χ0n) is 11.4. The highest BCUT2D eigenvalue weighted by molar-refractivity contribution is 8.27. The van der Waals surface area contributed by atoms with Crippen LogP contribution in [-0.2, 0) is 4.79 Å². The molecule has 0 spiro atoms. The van der Waals surface area contributed by atoms with Crippen LogP contribution in [0.15, 0.2) is 38.8 Å². The lowest BCUT2D eigenvalue weighted by molar-refractivity contribution is -0.120. The van der Waals surface area contributed by atoms with Gasteiger partial charge in [-0.25, -0.2) is 0 Å². The molecule has 1 aromatic carbocycles.